The fourth-order valence-corrected chi connectivity index (χ4v) is 3.49. The van der Waals surface area contributed by atoms with Crippen molar-refractivity contribution in [3.8, 4) is 0 Å². The van der Waals surface area contributed by atoms with E-state index in [1.807, 2.05) is 23.2 Å². The zero-order chi connectivity index (χ0) is 17.6. The summed E-state index contributed by atoms with van der Waals surface area (Å²) < 4.78 is 2.09. The summed E-state index contributed by atoms with van der Waals surface area (Å²) in [5, 5.41) is 14.9. The molecule has 3 aromatic heterocycles. The molecule has 0 saturated carbocycles. The van der Waals surface area contributed by atoms with Crippen LogP contribution in [0.15, 0.2) is 23.2 Å². The normalized spacial score (nSPS) is 12.6. The first-order valence-electron chi connectivity index (χ1n) is 8.58. The van der Waals surface area contributed by atoms with Crippen molar-refractivity contribution in [2.45, 2.75) is 45.2 Å². The number of hydrogen-bond acceptors (Lipinski definition) is 7. The number of nitrogens with zero attached hydrogens (tertiary/aromatic N) is 4. The van der Waals surface area contributed by atoms with Crippen LogP contribution in [-0.2, 0) is 6.54 Å². The average Bonchev–Trinajstić information content (AvgIpc) is 3.23. The molecule has 3 aromatic rings. The van der Waals surface area contributed by atoms with Crippen molar-refractivity contribution >= 4 is 34.1 Å². The van der Waals surface area contributed by atoms with Crippen LogP contribution < -0.4 is 11.1 Å². The van der Waals surface area contributed by atoms with Crippen LogP contribution in [0.25, 0.3) is 11.0 Å². The summed E-state index contributed by atoms with van der Waals surface area (Å²) in [4.78, 5) is 13.1. The van der Waals surface area contributed by atoms with Gasteiger partial charge in [-0.25, -0.2) is 9.97 Å². The molecule has 7 nitrogen and oxygen atoms in total. The number of anilines is 2. The van der Waals surface area contributed by atoms with Gasteiger partial charge < -0.3 is 20.7 Å². The first-order chi connectivity index (χ1) is 12.2. The van der Waals surface area contributed by atoms with Gasteiger partial charge in [0.1, 0.15) is 5.52 Å². The number of unbranched alkanes of at least 4 members (excludes halogenated alkanes) is 1. The number of nitrogen functional groups attached to an aromatic ring is 1. The van der Waals surface area contributed by atoms with Gasteiger partial charge in [0.2, 0.25) is 5.95 Å². The minimum Gasteiger partial charge on any atom is -0.396 e. The Morgan fingerprint density at radius 2 is 2.24 bits per heavy atom. The minimum absolute atomic E-state index is 0.144. The van der Waals surface area contributed by atoms with E-state index in [1.54, 1.807) is 11.3 Å². The van der Waals surface area contributed by atoms with Crippen molar-refractivity contribution in [1.82, 2.24) is 19.5 Å². The fraction of sp³-hybridized carbons (Fsp3) is 0.471. The summed E-state index contributed by atoms with van der Waals surface area (Å²) in [5.74, 6) is 0.969. The highest BCUT2D eigenvalue weighted by Gasteiger charge is 2.16. The fourth-order valence-electron chi connectivity index (χ4n) is 2.94. The molecule has 0 bridgehead atoms. The van der Waals surface area contributed by atoms with Crippen molar-refractivity contribution < 1.29 is 5.11 Å². The van der Waals surface area contributed by atoms with E-state index in [4.69, 9.17) is 5.73 Å². The topological polar surface area (TPSA) is 102 Å². The van der Waals surface area contributed by atoms with E-state index in [1.165, 1.54) is 0 Å². The Bertz CT molecular complexity index is 801. The molecule has 4 N–H and O–H groups in total. The Labute approximate surface area is 150 Å². The first kappa shape index (κ1) is 17.6. The maximum atomic E-state index is 9.36. The molecule has 0 spiro atoms. The Hall–Kier alpha value is -2.19. The van der Waals surface area contributed by atoms with Crippen LogP contribution in [0.3, 0.4) is 0 Å². The molecule has 134 valence electrons. The SMILES string of the molecule is CCCCC(CCO)Nc1nc(N)nc2ccn(Cc3cscn3)c12. The summed E-state index contributed by atoms with van der Waals surface area (Å²) in [7, 11) is 0. The first-order valence-corrected chi connectivity index (χ1v) is 9.52. The van der Waals surface area contributed by atoms with Gasteiger partial charge in [0.05, 0.1) is 23.3 Å². The van der Waals surface area contributed by atoms with E-state index >= 15 is 0 Å². The largest absolute Gasteiger partial charge is 0.396 e. The van der Waals surface area contributed by atoms with Gasteiger partial charge in [-0.3, -0.25) is 0 Å². The Balaban J connectivity index is 1.93. The maximum Gasteiger partial charge on any atom is 0.222 e. The standard InChI is InChI=1S/C17H24N6OS/c1-2-3-4-12(6-8-24)20-16-15-14(21-17(18)22-16)5-7-23(15)9-13-10-25-11-19-13/h5,7,10-12,24H,2-4,6,8-9H2,1H3,(H3,18,20,21,22). The van der Waals surface area contributed by atoms with E-state index in [-0.39, 0.29) is 18.6 Å². The zero-order valence-electron chi connectivity index (χ0n) is 14.4. The van der Waals surface area contributed by atoms with Crippen molar-refractivity contribution in [3.05, 3.63) is 28.8 Å². The molecule has 1 atom stereocenters. The smallest absolute Gasteiger partial charge is 0.222 e. The van der Waals surface area contributed by atoms with Crippen molar-refractivity contribution in [1.29, 1.82) is 0 Å². The van der Waals surface area contributed by atoms with Crippen molar-refractivity contribution in [2.24, 2.45) is 0 Å². The second-order valence-electron chi connectivity index (χ2n) is 6.08. The molecule has 25 heavy (non-hydrogen) atoms. The Kier molecular flexibility index (Phi) is 5.83. The van der Waals surface area contributed by atoms with Crippen LogP contribution in [0, 0.1) is 0 Å². The number of fused-ring (bicyclic) bond motifs is 1. The molecular weight excluding hydrogens is 336 g/mol. The Morgan fingerprint density at radius 3 is 2.96 bits per heavy atom. The maximum absolute atomic E-state index is 9.36. The van der Waals surface area contributed by atoms with E-state index in [2.05, 4.69) is 31.8 Å². The lowest BCUT2D eigenvalue weighted by Crippen LogP contribution is -2.22. The van der Waals surface area contributed by atoms with Crippen LogP contribution in [0.2, 0.25) is 0 Å². The average molecular weight is 360 g/mol. The third-order valence-corrected chi connectivity index (χ3v) is 4.80. The number of aromatic nitrogens is 4. The molecule has 0 aliphatic carbocycles. The molecule has 0 radical (unpaired) electrons. The third-order valence-electron chi connectivity index (χ3n) is 4.17. The van der Waals surface area contributed by atoms with Gasteiger partial charge in [0.15, 0.2) is 5.82 Å². The summed E-state index contributed by atoms with van der Waals surface area (Å²) in [6, 6.07) is 2.10. The lowest BCUT2D eigenvalue weighted by atomic mass is 10.1. The second-order valence-corrected chi connectivity index (χ2v) is 6.80. The molecule has 0 aliphatic rings. The molecule has 0 fully saturated rings. The van der Waals surface area contributed by atoms with Crippen LogP contribution in [0.1, 0.15) is 38.3 Å². The monoisotopic (exact) mass is 360 g/mol. The quantitative estimate of drug-likeness (QED) is 0.542. The van der Waals surface area contributed by atoms with Gasteiger partial charge in [-0.15, -0.1) is 11.3 Å². The lowest BCUT2D eigenvalue weighted by molar-refractivity contribution is 0.276. The van der Waals surface area contributed by atoms with Crippen LogP contribution >= 0.6 is 11.3 Å². The summed E-state index contributed by atoms with van der Waals surface area (Å²) in [5.41, 5.74) is 10.4. The summed E-state index contributed by atoms with van der Waals surface area (Å²) in [6.45, 7) is 2.97. The van der Waals surface area contributed by atoms with Gasteiger partial charge >= 0.3 is 0 Å². The number of aliphatic hydroxyl groups is 1. The van der Waals surface area contributed by atoms with Crippen molar-refractivity contribution in [2.75, 3.05) is 17.7 Å². The van der Waals surface area contributed by atoms with Gasteiger partial charge in [-0.1, -0.05) is 19.8 Å². The molecule has 1 unspecified atom stereocenters. The zero-order valence-corrected chi connectivity index (χ0v) is 15.2. The van der Waals surface area contributed by atoms with E-state index in [0.717, 1.165) is 41.8 Å². The van der Waals surface area contributed by atoms with Crippen LogP contribution in [0.5, 0.6) is 0 Å². The second kappa shape index (κ2) is 8.26. The molecule has 8 heteroatoms. The van der Waals surface area contributed by atoms with Crippen molar-refractivity contribution in [3.63, 3.8) is 0 Å². The molecule has 0 amide bonds. The lowest BCUT2D eigenvalue weighted by Gasteiger charge is -2.19. The number of thiazole rings is 1. The van der Waals surface area contributed by atoms with Crippen LogP contribution in [0.4, 0.5) is 11.8 Å². The molecule has 0 aromatic carbocycles. The number of nitrogens with two attached hydrogens (primary N) is 1. The molecule has 3 heterocycles. The summed E-state index contributed by atoms with van der Waals surface area (Å²) >= 11 is 1.58. The van der Waals surface area contributed by atoms with Gasteiger partial charge in [-0.2, -0.15) is 4.98 Å². The van der Waals surface area contributed by atoms with E-state index in [9.17, 15) is 5.11 Å². The highest BCUT2D eigenvalue weighted by atomic mass is 32.1. The molecule has 0 saturated heterocycles. The molecular formula is C17H24N6OS. The molecule has 3 rings (SSSR count). The number of hydrogen-bond donors (Lipinski definition) is 3. The minimum atomic E-state index is 0.144. The summed E-state index contributed by atoms with van der Waals surface area (Å²) in [6.07, 6.45) is 5.86. The highest BCUT2D eigenvalue weighted by Crippen LogP contribution is 2.25. The van der Waals surface area contributed by atoms with E-state index in [0.29, 0.717) is 13.0 Å². The van der Waals surface area contributed by atoms with Gasteiger partial charge in [0, 0.05) is 24.2 Å². The Morgan fingerprint density at radius 1 is 1.36 bits per heavy atom. The predicted octanol–water partition coefficient (Wildman–Crippen LogP) is 2.87. The number of rotatable bonds is 9. The van der Waals surface area contributed by atoms with Crippen LogP contribution in [-0.4, -0.2) is 37.3 Å². The van der Waals surface area contributed by atoms with E-state index < -0.39 is 0 Å². The number of aliphatic hydroxyl groups excluding tert-OH is 1. The van der Waals surface area contributed by atoms with Gasteiger partial charge in [-0.05, 0) is 18.9 Å². The van der Waals surface area contributed by atoms with Gasteiger partial charge in [0.25, 0.3) is 0 Å². The highest BCUT2D eigenvalue weighted by molar-refractivity contribution is 7.07. The predicted molar refractivity (Wildman–Crippen MR) is 102 cm³/mol. The third kappa shape index (κ3) is 4.26. The number of nitrogens with one attached hydrogen (secondary N) is 1. The molecule has 0 aliphatic heterocycles.